The highest BCUT2D eigenvalue weighted by molar-refractivity contribution is 5.90. The number of nitrogens with one attached hydrogen (secondary N) is 1. The fourth-order valence-electron chi connectivity index (χ4n) is 3.99. The largest absolute Gasteiger partial charge is 0.369 e. The van der Waals surface area contributed by atoms with E-state index in [0.717, 1.165) is 67.6 Å². The summed E-state index contributed by atoms with van der Waals surface area (Å²) in [4.78, 5) is 18.9. The normalized spacial score (nSPS) is 14.1. The predicted octanol–water partition coefficient (Wildman–Crippen LogP) is 4.01. The van der Waals surface area contributed by atoms with Crippen LogP contribution in [0.25, 0.3) is 10.9 Å². The highest BCUT2D eigenvalue weighted by Gasteiger charge is 2.21. The molecule has 3 heterocycles. The molecule has 0 atom stereocenters. The lowest BCUT2D eigenvalue weighted by Gasteiger charge is -2.35. The molecule has 31 heavy (non-hydrogen) atoms. The van der Waals surface area contributed by atoms with Crippen molar-refractivity contribution in [3.8, 4) is 0 Å². The molecule has 1 fully saturated rings. The molecule has 0 saturated carbocycles. The zero-order chi connectivity index (χ0) is 20.9. The minimum Gasteiger partial charge on any atom is -0.369 e. The fourth-order valence-corrected chi connectivity index (χ4v) is 3.99. The minimum atomic E-state index is 0.793. The van der Waals surface area contributed by atoms with Crippen LogP contribution in [-0.2, 0) is 6.42 Å². The molecule has 1 saturated heterocycles. The first-order valence-electron chi connectivity index (χ1n) is 10.8. The van der Waals surface area contributed by atoms with Gasteiger partial charge in [-0.15, -0.1) is 0 Å². The number of rotatable bonds is 6. The Bertz CT molecular complexity index is 1120. The molecule has 1 aliphatic heterocycles. The van der Waals surface area contributed by atoms with Gasteiger partial charge in [0.25, 0.3) is 0 Å². The van der Waals surface area contributed by atoms with Crippen molar-refractivity contribution < 1.29 is 0 Å². The number of anilines is 3. The Labute approximate surface area is 182 Å². The van der Waals surface area contributed by atoms with E-state index in [9.17, 15) is 0 Å². The molecule has 6 heteroatoms. The molecule has 0 spiro atoms. The van der Waals surface area contributed by atoms with E-state index in [2.05, 4.69) is 68.6 Å². The third kappa shape index (κ3) is 4.43. The van der Waals surface area contributed by atoms with Crippen molar-refractivity contribution in [2.75, 3.05) is 47.8 Å². The summed E-state index contributed by atoms with van der Waals surface area (Å²) in [6.45, 7) is 4.39. The molecule has 0 unspecified atom stereocenters. The van der Waals surface area contributed by atoms with Gasteiger partial charge < -0.3 is 15.1 Å². The molecule has 6 nitrogen and oxygen atoms in total. The van der Waals surface area contributed by atoms with Gasteiger partial charge in [0.15, 0.2) is 0 Å². The summed E-state index contributed by atoms with van der Waals surface area (Å²) in [5, 5.41) is 4.61. The van der Waals surface area contributed by atoms with E-state index in [4.69, 9.17) is 9.97 Å². The molecule has 0 aliphatic carbocycles. The van der Waals surface area contributed by atoms with Crippen LogP contribution in [0, 0.1) is 0 Å². The molecule has 0 radical (unpaired) electrons. The van der Waals surface area contributed by atoms with Crippen LogP contribution >= 0.6 is 0 Å². The van der Waals surface area contributed by atoms with Gasteiger partial charge in [0.2, 0.25) is 5.95 Å². The Morgan fingerprint density at radius 3 is 2.29 bits per heavy atom. The first-order chi connectivity index (χ1) is 15.4. The molecule has 0 bridgehead atoms. The maximum absolute atomic E-state index is 4.92. The van der Waals surface area contributed by atoms with Gasteiger partial charge in [-0.1, -0.05) is 48.5 Å². The highest BCUT2D eigenvalue weighted by Crippen LogP contribution is 2.24. The molecular weight excluding hydrogens is 384 g/mol. The Balaban J connectivity index is 1.32. The van der Waals surface area contributed by atoms with Crippen LogP contribution in [0.15, 0.2) is 79.0 Å². The number of aromatic nitrogens is 3. The summed E-state index contributed by atoms with van der Waals surface area (Å²) >= 11 is 0. The standard InChI is InChI=1S/C25H26N6/c1-2-8-20(9-3-1)13-15-27-24-21-10-4-5-11-22(21)28-25(29-24)31-18-16-30(17-19-31)23-12-6-7-14-26-23/h1-12,14H,13,15-19H2,(H,27,28,29). The molecule has 0 amide bonds. The van der Waals surface area contributed by atoms with E-state index in [0.29, 0.717) is 0 Å². The van der Waals surface area contributed by atoms with Gasteiger partial charge in [-0.05, 0) is 36.2 Å². The second-order valence-corrected chi connectivity index (χ2v) is 7.71. The summed E-state index contributed by atoms with van der Waals surface area (Å²) in [5.41, 5.74) is 2.29. The average Bonchev–Trinajstić information content (AvgIpc) is 2.85. The van der Waals surface area contributed by atoms with E-state index < -0.39 is 0 Å². The summed E-state index contributed by atoms with van der Waals surface area (Å²) in [6.07, 6.45) is 2.80. The first kappa shape index (κ1) is 19.3. The smallest absolute Gasteiger partial charge is 0.228 e. The molecule has 5 rings (SSSR count). The van der Waals surface area contributed by atoms with Crippen LogP contribution in [0.1, 0.15) is 5.56 Å². The van der Waals surface area contributed by atoms with Crippen LogP contribution in [-0.4, -0.2) is 47.7 Å². The molecule has 1 aliphatic rings. The number of hydrogen-bond donors (Lipinski definition) is 1. The van der Waals surface area contributed by atoms with Crippen LogP contribution < -0.4 is 15.1 Å². The number of fused-ring (bicyclic) bond motifs is 1. The Hall–Kier alpha value is -3.67. The molecule has 1 N–H and O–H groups in total. The van der Waals surface area contributed by atoms with Gasteiger partial charge in [0, 0.05) is 44.3 Å². The second-order valence-electron chi connectivity index (χ2n) is 7.71. The molecule has 156 valence electrons. The number of piperazine rings is 1. The van der Waals surface area contributed by atoms with Gasteiger partial charge in [-0.2, -0.15) is 4.98 Å². The summed E-state index contributed by atoms with van der Waals surface area (Å²) in [7, 11) is 0. The van der Waals surface area contributed by atoms with Gasteiger partial charge in [-0.25, -0.2) is 9.97 Å². The lowest BCUT2D eigenvalue weighted by atomic mass is 10.1. The minimum absolute atomic E-state index is 0.793. The first-order valence-corrected chi connectivity index (χ1v) is 10.8. The molecule has 2 aromatic heterocycles. The lowest BCUT2D eigenvalue weighted by Crippen LogP contribution is -2.47. The predicted molar refractivity (Wildman–Crippen MR) is 127 cm³/mol. The Morgan fingerprint density at radius 2 is 1.48 bits per heavy atom. The van der Waals surface area contributed by atoms with Crippen LogP contribution in [0.3, 0.4) is 0 Å². The van der Waals surface area contributed by atoms with E-state index in [1.807, 2.05) is 30.5 Å². The average molecular weight is 411 g/mol. The van der Waals surface area contributed by atoms with Gasteiger partial charge in [0.05, 0.1) is 5.52 Å². The van der Waals surface area contributed by atoms with Crippen molar-refractivity contribution >= 4 is 28.5 Å². The molecule has 4 aromatic rings. The van der Waals surface area contributed by atoms with Gasteiger partial charge >= 0.3 is 0 Å². The number of nitrogens with zero attached hydrogens (tertiary/aromatic N) is 5. The maximum atomic E-state index is 4.92. The van der Waals surface area contributed by atoms with Crippen molar-refractivity contribution in [1.29, 1.82) is 0 Å². The third-order valence-corrected chi connectivity index (χ3v) is 5.68. The van der Waals surface area contributed by atoms with Gasteiger partial charge in [0.1, 0.15) is 11.6 Å². The molecular formula is C25H26N6. The zero-order valence-electron chi connectivity index (χ0n) is 17.5. The number of hydrogen-bond acceptors (Lipinski definition) is 6. The summed E-state index contributed by atoms with van der Waals surface area (Å²) in [5.74, 6) is 2.73. The monoisotopic (exact) mass is 410 g/mol. The van der Waals surface area contributed by atoms with Gasteiger partial charge in [-0.3, -0.25) is 0 Å². The number of para-hydroxylation sites is 1. The van der Waals surface area contributed by atoms with Crippen molar-refractivity contribution in [1.82, 2.24) is 15.0 Å². The Kier molecular flexibility index (Phi) is 5.60. The summed E-state index contributed by atoms with van der Waals surface area (Å²) in [6, 6.07) is 24.8. The van der Waals surface area contributed by atoms with E-state index in [1.54, 1.807) is 0 Å². The maximum Gasteiger partial charge on any atom is 0.228 e. The quantitative estimate of drug-likeness (QED) is 0.518. The fraction of sp³-hybridized carbons (Fsp3) is 0.240. The van der Waals surface area contributed by atoms with Crippen molar-refractivity contribution in [3.05, 3.63) is 84.6 Å². The van der Waals surface area contributed by atoms with Crippen molar-refractivity contribution in [2.24, 2.45) is 0 Å². The van der Waals surface area contributed by atoms with Crippen LogP contribution in [0.2, 0.25) is 0 Å². The van der Waals surface area contributed by atoms with Crippen LogP contribution in [0.5, 0.6) is 0 Å². The van der Waals surface area contributed by atoms with E-state index >= 15 is 0 Å². The number of benzene rings is 2. The highest BCUT2D eigenvalue weighted by atomic mass is 15.3. The SMILES string of the molecule is c1ccc(CCNc2nc(N3CCN(c4ccccn4)CC3)nc3ccccc23)cc1. The summed E-state index contributed by atoms with van der Waals surface area (Å²) < 4.78 is 0. The zero-order valence-corrected chi connectivity index (χ0v) is 17.5. The number of pyridine rings is 1. The third-order valence-electron chi connectivity index (χ3n) is 5.68. The topological polar surface area (TPSA) is 57.2 Å². The van der Waals surface area contributed by atoms with Crippen LogP contribution in [0.4, 0.5) is 17.6 Å². The Morgan fingerprint density at radius 1 is 0.742 bits per heavy atom. The molecule has 2 aromatic carbocycles. The lowest BCUT2D eigenvalue weighted by molar-refractivity contribution is 0.636. The van der Waals surface area contributed by atoms with Crippen molar-refractivity contribution in [3.63, 3.8) is 0 Å². The second kappa shape index (κ2) is 9.00. The van der Waals surface area contributed by atoms with Crippen molar-refractivity contribution in [2.45, 2.75) is 6.42 Å². The van der Waals surface area contributed by atoms with E-state index in [-0.39, 0.29) is 0 Å². The van der Waals surface area contributed by atoms with E-state index in [1.165, 1.54) is 5.56 Å².